The molecule has 0 aromatic carbocycles. The lowest BCUT2D eigenvalue weighted by Gasteiger charge is -2.32. The third-order valence-electron chi connectivity index (χ3n) is 3.76. The van der Waals surface area contributed by atoms with Gasteiger partial charge in [-0.2, -0.15) is 0 Å². The summed E-state index contributed by atoms with van der Waals surface area (Å²) in [5.74, 6) is 0.808. The quantitative estimate of drug-likeness (QED) is 0.865. The van der Waals surface area contributed by atoms with Crippen molar-refractivity contribution in [3.8, 4) is 0 Å². The van der Waals surface area contributed by atoms with Gasteiger partial charge < -0.3 is 5.32 Å². The Kier molecular flexibility index (Phi) is 5.14. The third-order valence-corrected chi connectivity index (χ3v) is 3.76. The van der Waals surface area contributed by atoms with Crippen LogP contribution >= 0.6 is 0 Å². The van der Waals surface area contributed by atoms with E-state index in [1.54, 1.807) is 0 Å². The van der Waals surface area contributed by atoms with Gasteiger partial charge in [-0.25, -0.2) is 0 Å². The van der Waals surface area contributed by atoms with E-state index in [2.05, 4.69) is 41.2 Å². The van der Waals surface area contributed by atoms with Crippen molar-refractivity contribution in [2.24, 2.45) is 5.92 Å². The topological polar surface area (TPSA) is 28.2 Å². The highest BCUT2D eigenvalue weighted by Crippen LogP contribution is 2.15. The first-order chi connectivity index (χ1) is 8.75. The Morgan fingerprint density at radius 1 is 1.39 bits per heavy atom. The molecule has 0 radical (unpaired) electrons. The molecule has 1 N–H and O–H groups in total. The second kappa shape index (κ2) is 6.86. The Balaban J connectivity index is 1.91. The number of nitrogens with zero attached hydrogens (tertiary/aromatic N) is 2. The van der Waals surface area contributed by atoms with Gasteiger partial charge in [0.05, 0.1) is 0 Å². The molecule has 0 aliphatic carbocycles. The first-order valence-corrected chi connectivity index (χ1v) is 7.09. The molecule has 2 heterocycles. The van der Waals surface area contributed by atoms with Gasteiger partial charge in [0.2, 0.25) is 0 Å². The molecule has 3 nitrogen and oxygen atoms in total. The molecule has 0 spiro atoms. The molecule has 0 bridgehead atoms. The van der Waals surface area contributed by atoms with E-state index in [0.29, 0.717) is 6.04 Å². The fourth-order valence-electron chi connectivity index (χ4n) is 2.59. The Labute approximate surface area is 111 Å². The fourth-order valence-corrected chi connectivity index (χ4v) is 2.59. The molecule has 100 valence electrons. The van der Waals surface area contributed by atoms with Crippen LogP contribution in [0.25, 0.3) is 0 Å². The Morgan fingerprint density at radius 2 is 2.17 bits per heavy atom. The van der Waals surface area contributed by atoms with Gasteiger partial charge in [0.1, 0.15) is 0 Å². The van der Waals surface area contributed by atoms with Crippen LogP contribution in [-0.2, 0) is 6.54 Å². The summed E-state index contributed by atoms with van der Waals surface area (Å²) in [4.78, 5) is 6.66. The second-order valence-electron chi connectivity index (χ2n) is 5.59. The van der Waals surface area contributed by atoms with E-state index >= 15 is 0 Å². The molecule has 1 unspecified atom stereocenters. The van der Waals surface area contributed by atoms with Gasteiger partial charge in [0, 0.05) is 31.5 Å². The van der Waals surface area contributed by atoms with Gasteiger partial charge in [-0.15, -0.1) is 0 Å². The SMILES string of the molecule is CC(C)N(Cc1ccncc1)CC1CCCNC1. The van der Waals surface area contributed by atoms with Crippen LogP contribution in [0.5, 0.6) is 0 Å². The monoisotopic (exact) mass is 247 g/mol. The molecule has 1 aliphatic heterocycles. The molecule has 1 aliphatic rings. The Hall–Kier alpha value is -0.930. The maximum atomic E-state index is 4.08. The maximum absolute atomic E-state index is 4.08. The first kappa shape index (κ1) is 13.5. The van der Waals surface area contributed by atoms with Gasteiger partial charge >= 0.3 is 0 Å². The molecule has 1 fully saturated rings. The maximum Gasteiger partial charge on any atom is 0.0271 e. The van der Waals surface area contributed by atoms with Crippen LogP contribution in [0.2, 0.25) is 0 Å². The van der Waals surface area contributed by atoms with Crippen molar-refractivity contribution < 1.29 is 0 Å². The van der Waals surface area contributed by atoms with Gasteiger partial charge in [-0.1, -0.05) is 0 Å². The molecule has 18 heavy (non-hydrogen) atoms. The summed E-state index contributed by atoms with van der Waals surface area (Å²) in [5, 5.41) is 3.51. The predicted octanol–water partition coefficient (Wildman–Crippen LogP) is 2.29. The molecule has 0 saturated carbocycles. The lowest BCUT2D eigenvalue weighted by Crippen LogP contribution is -2.40. The minimum absolute atomic E-state index is 0.597. The van der Waals surface area contributed by atoms with Crippen LogP contribution < -0.4 is 5.32 Å². The normalized spacial score (nSPS) is 20.6. The number of aromatic nitrogens is 1. The van der Waals surface area contributed by atoms with Gasteiger partial charge in [0.25, 0.3) is 0 Å². The first-order valence-electron chi connectivity index (χ1n) is 7.09. The van der Waals surface area contributed by atoms with Gasteiger partial charge in [0.15, 0.2) is 0 Å². The molecule has 3 heteroatoms. The standard InChI is InChI=1S/C15H25N3/c1-13(2)18(11-14-5-8-16-9-6-14)12-15-4-3-7-17-10-15/h5-6,8-9,13,15,17H,3-4,7,10-12H2,1-2H3. The highest BCUT2D eigenvalue weighted by molar-refractivity contribution is 5.09. The highest BCUT2D eigenvalue weighted by atomic mass is 15.1. The van der Waals surface area contributed by atoms with Crippen LogP contribution in [-0.4, -0.2) is 35.6 Å². The minimum Gasteiger partial charge on any atom is -0.316 e. The lowest BCUT2D eigenvalue weighted by atomic mass is 9.98. The highest BCUT2D eigenvalue weighted by Gasteiger charge is 2.18. The van der Waals surface area contributed by atoms with Gasteiger partial charge in [-0.3, -0.25) is 9.88 Å². The lowest BCUT2D eigenvalue weighted by molar-refractivity contribution is 0.164. The minimum atomic E-state index is 0.597. The molecule has 2 rings (SSSR count). The number of pyridine rings is 1. The van der Waals surface area contributed by atoms with E-state index in [0.717, 1.165) is 12.5 Å². The van der Waals surface area contributed by atoms with Crippen LogP contribution in [0.3, 0.4) is 0 Å². The van der Waals surface area contributed by atoms with Crippen molar-refractivity contribution in [2.75, 3.05) is 19.6 Å². The average molecular weight is 247 g/mol. The second-order valence-corrected chi connectivity index (χ2v) is 5.59. The third kappa shape index (κ3) is 4.07. The van der Waals surface area contributed by atoms with Crippen molar-refractivity contribution in [3.05, 3.63) is 30.1 Å². The molecule has 1 atom stereocenters. The number of rotatable bonds is 5. The summed E-state index contributed by atoms with van der Waals surface area (Å²) in [6.45, 7) is 9.20. The van der Waals surface area contributed by atoms with Crippen LogP contribution in [0.1, 0.15) is 32.3 Å². The number of hydrogen-bond acceptors (Lipinski definition) is 3. The summed E-state index contributed by atoms with van der Waals surface area (Å²) in [7, 11) is 0. The fraction of sp³-hybridized carbons (Fsp3) is 0.667. The summed E-state index contributed by atoms with van der Waals surface area (Å²) >= 11 is 0. The van der Waals surface area contributed by atoms with Crippen molar-refractivity contribution >= 4 is 0 Å². The van der Waals surface area contributed by atoms with Crippen molar-refractivity contribution in [1.82, 2.24) is 15.2 Å². The molecule has 1 aromatic heterocycles. The average Bonchev–Trinajstić information content (AvgIpc) is 2.40. The van der Waals surface area contributed by atoms with Gasteiger partial charge in [-0.05, 0) is 63.4 Å². The summed E-state index contributed by atoms with van der Waals surface area (Å²) in [6, 6.07) is 4.84. The van der Waals surface area contributed by atoms with Crippen LogP contribution in [0.4, 0.5) is 0 Å². The van der Waals surface area contributed by atoms with Crippen molar-refractivity contribution in [1.29, 1.82) is 0 Å². The zero-order valence-corrected chi connectivity index (χ0v) is 11.6. The van der Waals surface area contributed by atoms with E-state index in [4.69, 9.17) is 0 Å². The van der Waals surface area contributed by atoms with E-state index in [1.807, 2.05) is 12.4 Å². The van der Waals surface area contributed by atoms with E-state index in [-0.39, 0.29) is 0 Å². The molecule has 1 aromatic rings. The summed E-state index contributed by atoms with van der Waals surface area (Å²) in [6.07, 6.45) is 6.46. The number of piperidine rings is 1. The summed E-state index contributed by atoms with van der Waals surface area (Å²) in [5.41, 5.74) is 1.36. The number of nitrogens with one attached hydrogen (secondary N) is 1. The van der Waals surface area contributed by atoms with E-state index in [9.17, 15) is 0 Å². The van der Waals surface area contributed by atoms with Crippen LogP contribution in [0, 0.1) is 5.92 Å². The number of hydrogen-bond donors (Lipinski definition) is 1. The Bertz CT molecular complexity index is 331. The predicted molar refractivity (Wildman–Crippen MR) is 75.4 cm³/mol. The largest absolute Gasteiger partial charge is 0.316 e. The zero-order valence-electron chi connectivity index (χ0n) is 11.6. The van der Waals surface area contributed by atoms with E-state index in [1.165, 1.54) is 38.0 Å². The molecular weight excluding hydrogens is 222 g/mol. The Morgan fingerprint density at radius 3 is 2.78 bits per heavy atom. The van der Waals surface area contributed by atoms with E-state index < -0.39 is 0 Å². The molecule has 1 saturated heterocycles. The molecular formula is C15H25N3. The molecule has 0 amide bonds. The smallest absolute Gasteiger partial charge is 0.0271 e. The van der Waals surface area contributed by atoms with Crippen molar-refractivity contribution in [3.63, 3.8) is 0 Å². The zero-order chi connectivity index (χ0) is 12.8. The summed E-state index contributed by atoms with van der Waals surface area (Å²) < 4.78 is 0. The van der Waals surface area contributed by atoms with Crippen molar-refractivity contribution in [2.45, 2.75) is 39.3 Å². The van der Waals surface area contributed by atoms with Crippen LogP contribution in [0.15, 0.2) is 24.5 Å².